The summed E-state index contributed by atoms with van der Waals surface area (Å²) in [7, 11) is 2.05. The molecule has 6 nitrogen and oxygen atoms in total. The fourth-order valence-corrected chi connectivity index (χ4v) is 3.28. The summed E-state index contributed by atoms with van der Waals surface area (Å²) in [5, 5.41) is 13.3. The molecule has 0 saturated carbocycles. The summed E-state index contributed by atoms with van der Waals surface area (Å²) in [6.07, 6.45) is 2.10. The van der Waals surface area contributed by atoms with Crippen molar-refractivity contribution in [3.63, 3.8) is 0 Å². The van der Waals surface area contributed by atoms with Crippen LogP contribution in [0.5, 0.6) is 0 Å². The highest BCUT2D eigenvalue weighted by Gasteiger charge is 2.22. The van der Waals surface area contributed by atoms with Gasteiger partial charge in [-0.25, -0.2) is 4.68 Å². The molecule has 0 bridgehead atoms. The first-order valence-electron chi connectivity index (χ1n) is 10.1. The van der Waals surface area contributed by atoms with Gasteiger partial charge >= 0.3 is 0 Å². The second-order valence-electron chi connectivity index (χ2n) is 8.57. The molecule has 30 heavy (non-hydrogen) atoms. The van der Waals surface area contributed by atoms with Gasteiger partial charge < -0.3 is 4.42 Å². The van der Waals surface area contributed by atoms with Crippen molar-refractivity contribution in [3.05, 3.63) is 84.2 Å². The van der Waals surface area contributed by atoms with Crippen molar-refractivity contribution in [2.45, 2.75) is 39.3 Å². The zero-order valence-corrected chi connectivity index (χ0v) is 17.9. The lowest BCUT2D eigenvalue weighted by atomic mass is 9.97. The van der Waals surface area contributed by atoms with E-state index in [1.54, 1.807) is 0 Å². The minimum Gasteiger partial charge on any atom is -0.423 e. The molecular weight excluding hydrogens is 374 g/mol. The van der Waals surface area contributed by atoms with Crippen molar-refractivity contribution < 1.29 is 4.42 Å². The smallest absolute Gasteiger partial charge is 0.230 e. The van der Waals surface area contributed by atoms with E-state index >= 15 is 0 Å². The fourth-order valence-electron chi connectivity index (χ4n) is 3.28. The van der Waals surface area contributed by atoms with Gasteiger partial charge in [0.25, 0.3) is 0 Å². The molecule has 0 unspecified atom stereocenters. The van der Waals surface area contributed by atoms with E-state index in [1.165, 1.54) is 0 Å². The highest BCUT2D eigenvalue weighted by molar-refractivity contribution is 5.63. The monoisotopic (exact) mass is 401 g/mol. The topological polar surface area (TPSA) is 60.0 Å². The molecule has 2 aromatic heterocycles. The van der Waals surface area contributed by atoms with Gasteiger partial charge in [-0.1, -0.05) is 69.3 Å². The van der Waals surface area contributed by atoms with E-state index < -0.39 is 0 Å². The van der Waals surface area contributed by atoms with Crippen LogP contribution in [-0.2, 0) is 18.5 Å². The molecule has 0 aliphatic carbocycles. The lowest BCUT2D eigenvalue weighted by Crippen LogP contribution is -2.17. The van der Waals surface area contributed by atoms with E-state index in [4.69, 9.17) is 9.52 Å². The van der Waals surface area contributed by atoms with Gasteiger partial charge in [0.15, 0.2) is 0 Å². The average Bonchev–Trinajstić information content (AvgIpc) is 3.36. The van der Waals surface area contributed by atoms with Crippen molar-refractivity contribution in [1.82, 2.24) is 24.9 Å². The van der Waals surface area contributed by atoms with E-state index in [2.05, 4.69) is 73.4 Å². The second kappa shape index (κ2) is 8.24. The van der Waals surface area contributed by atoms with Gasteiger partial charge in [0.2, 0.25) is 11.8 Å². The number of nitrogens with zero attached hydrogens (tertiary/aromatic N) is 5. The van der Waals surface area contributed by atoms with E-state index in [-0.39, 0.29) is 5.41 Å². The number of hydrogen-bond donors (Lipinski definition) is 0. The Bertz CT molecular complexity index is 1090. The SMILES string of the molecule is CN(Cc1nnc(C(C)(C)C)o1)Cc1cn(-c2ccccc2)nc1-c1ccccc1. The largest absolute Gasteiger partial charge is 0.423 e. The molecule has 4 rings (SSSR count). The normalized spacial score (nSPS) is 11.9. The van der Waals surface area contributed by atoms with Crippen LogP contribution in [0.3, 0.4) is 0 Å². The minimum atomic E-state index is -0.152. The third-order valence-electron chi connectivity index (χ3n) is 4.81. The van der Waals surface area contributed by atoms with Crippen molar-refractivity contribution in [2.75, 3.05) is 7.05 Å². The van der Waals surface area contributed by atoms with Crippen molar-refractivity contribution >= 4 is 0 Å². The molecule has 0 saturated heterocycles. The van der Waals surface area contributed by atoms with Gasteiger partial charge in [-0.05, 0) is 19.2 Å². The summed E-state index contributed by atoms with van der Waals surface area (Å²) >= 11 is 0. The van der Waals surface area contributed by atoms with Crippen LogP contribution in [0.1, 0.15) is 38.1 Å². The molecule has 0 spiro atoms. The minimum absolute atomic E-state index is 0.152. The van der Waals surface area contributed by atoms with Crippen LogP contribution >= 0.6 is 0 Å². The van der Waals surface area contributed by atoms with Crippen LogP contribution in [0, 0.1) is 0 Å². The van der Waals surface area contributed by atoms with Crippen molar-refractivity contribution in [3.8, 4) is 16.9 Å². The molecule has 0 atom stereocenters. The third-order valence-corrected chi connectivity index (χ3v) is 4.81. The summed E-state index contributed by atoms with van der Waals surface area (Å²) in [6, 6.07) is 20.4. The molecular formula is C24H27N5O. The summed E-state index contributed by atoms with van der Waals surface area (Å²) in [6.45, 7) is 7.49. The lowest BCUT2D eigenvalue weighted by Gasteiger charge is -2.15. The first-order valence-corrected chi connectivity index (χ1v) is 10.1. The Labute approximate surface area is 177 Å². The van der Waals surface area contributed by atoms with Gasteiger partial charge in [0.05, 0.1) is 17.9 Å². The Morgan fingerprint density at radius 3 is 2.20 bits per heavy atom. The lowest BCUT2D eigenvalue weighted by molar-refractivity contribution is 0.269. The molecule has 2 heterocycles. The number of benzene rings is 2. The first kappa shape index (κ1) is 20.0. The van der Waals surface area contributed by atoms with E-state index in [9.17, 15) is 0 Å². The standard InChI is InChI=1S/C24H27N5O/c1-24(2,3)23-26-25-21(30-23)17-28(4)15-19-16-29(20-13-9-6-10-14-20)27-22(19)18-11-7-5-8-12-18/h5-14,16H,15,17H2,1-4H3. The Balaban J connectivity index is 1.59. The summed E-state index contributed by atoms with van der Waals surface area (Å²) in [5.41, 5.74) is 4.11. The van der Waals surface area contributed by atoms with Gasteiger partial charge in [-0.15, -0.1) is 10.2 Å². The van der Waals surface area contributed by atoms with Gasteiger partial charge in [-0.3, -0.25) is 4.90 Å². The zero-order valence-electron chi connectivity index (χ0n) is 17.9. The average molecular weight is 402 g/mol. The van der Waals surface area contributed by atoms with Crippen molar-refractivity contribution in [1.29, 1.82) is 0 Å². The van der Waals surface area contributed by atoms with E-state index in [1.807, 2.05) is 41.1 Å². The summed E-state index contributed by atoms with van der Waals surface area (Å²) < 4.78 is 7.80. The second-order valence-corrected chi connectivity index (χ2v) is 8.57. The number of rotatable bonds is 6. The Kier molecular flexibility index (Phi) is 5.50. The number of hydrogen-bond acceptors (Lipinski definition) is 5. The van der Waals surface area contributed by atoms with Crippen LogP contribution < -0.4 is 0 Å². The fraction of sp³-hybridized carbons (Fsp3) is 0.292. The molecule has 0 radical (unpaired) electrons. The number of para-hydroxylation sites is 1. The molecule has 0 fully saturated rings. The van der Waals surface area contributed by atoms with Crippen molar-refractivity contribution in [2.24, 2.45) is 0 Å². The predicted molar refractivity (Wildman–Crippen MR) is 117 cm³/mol. The third kappa shape index (κ3) is 4.49. The van der Waals surface area contributed by atoms with Crippen LogP contribution in [0.2, 0.25) is 0 Å². The Hall–Kier alpha value is -3.25. The van der Waals surface area contributed by atoms with Crippen LogP contribution in [0.15, 0.2) is 71.3 Å². The Morgan fingerprint density at radius 2 is 1.57 bits per heavy atom. The van der Waals surface area contributed by atoms with E-state index in [0.29, 0.717) is 24.9 Å². The molecule has 154 valence electrons. The highest BCUT2D eigenvalue weighted by atomic mass is 16.4. The quantitative estimate of drug-likeness (QED) is 0.462. The maximum atomic E-state index is 5.86. The molecule has 4 aromatic rings. The molecule has 0 aliphatic rings. The van der Waals surface area contributed by atoms with Crippen LogP contribution in [0.4, 0.5) is 0 Å². The highest BCUT2D eigenvalue weighted by Crippen LogP contribution is 2.25. The molecule has 6 heteroatoms. The first-order chi connectivity index (χ1) is 14.4. The van der Waals surface area contributed by atoms with Gasteiger partial charge in [0, 0.05) is 29.3 Å². The van der Waals surface area contributed by atoms with Gasteiger partial charge in [-0.2, -0.15) is 5.10 Å². The predicted octanol–water partition coefficient (Wildman–Crippen LogP) is 4.85. The van der Waals surface area contributed by atoms with Gasteiger partial charge in [0.1, 0.15) is 0 Å². The zero-order chi connectivity index (χ0) is 21.1. The van der Waals surface area contributed by atoms with Crippen LogP contribution in [-0.4, -0.2) is 31.9 Å². The Morgan fingerprint density at radius 1 is 0.900 bits per heavy atom. The molecule has 0 N–H and O–H groups in total. The maximum absolute atomic E-state index is 5.86. The number of aromatic nitrogens is 4. The molecule has 0 amide bonds. The summed E-state index contributed by atoms with van der Waals surface area (Å²) in [4.78, 5) is 2.17. The maximum Gasteiger partial charge on any atom is 0.230 e. The molecule has 0 aliphatic heterocycles. The van der Waals surface area contributed by atoms with Crippen LogP contribution in [0.25, 0.3) is 16.9 Å². The van der Waals surface area contributed by atoms with E-state index in [0.717, 1.165) is 22.5 Å². The summed E-state index contributed by atoms with van der Waals surface area (Å²) in [5.74, 6) is 1.28. The molecule has 2 aromatic carbocycles.